The minimum atomic E-state index is -0.444. The lowest BCUT2D eigenvalue weighted by Crippen LogP contribution is -2.51. The average Bonchev–Trinajstić information content (AvgIpc) is 2.73. The normalized spacial score (nSPS) is 13.9. The van der Waals surface area contributed by atoms with Crippen LogP contribution in [-0.4, -0.2) is 55.2 Å². The molecule has 0 spiro atoms. The molecule has 0 saturated carbocycles. The first-order valence-corrected chi connectivity index (χ1v) is 9.02. The number of ether oxygens (including phenoxy) is 1. The van der Waals surface area contributed by atoms with Gasteiger partial charge in [0, 0.05) is 43.1 Å². The Morgan fingerprint density at radius 1 is 1.19 bits per heavy atom. The maximum atomic E-state index is 13.1. The van der Waals surface area contributed by atoms with E-state index in [1.807, 2.05) is 17.0 Å². The van der Waals surface area contributed by atoms with Gasteiger partial charge in [0.25, 0.3) is 0 Å². The van der Waals surface area contributed by atoms with Crippen molar-refractivity contribution in [3.63, 3.8) is 0 Å². The predicted octanol–water partition coefficient (Wildman–Crippen LogP) is 2.55. The Morgan fingerprint density at radius 2 is 1.89 bits per heavy atom. The van der Waals surface area contributed by atoms with Crippen LogP contribution in [0.3, 0.4) is 0 Å². The van der Waals surface area contributed by atoms with Gasteiger partial charge >= 0.3 is 12.0 Å². The number of amides is 2. The monoisotopic (exact) mass is 388 g/mol. The Labute approximate surface area is 162 Å². The third-order valence-corrected chi connectivity index (χ3v) is 4.57. The summed E-state index contributed by atoms with van der Waals surface area (Å²) in [6, 6.07) is 10.4. The van der Waals surface area contributed by atoms with Crippen LogP contribution < -0.4 is 10.2 Å². The minimum Gasteiger partial charge on any atom is -0.465 e. The van der Waals surface area contributed by atoms with Crippen molar-refractivity contribution in [1.82, 2.24) is 15.2 Å². The summed E-state index contributed by atoms with van der Waals surface area (Å²) in [5.41, 5.74) is 1.77. The Bertz CT molecular complexity index is 790. The first-order chi connectivity index (χ1) is 13.1. The van der Waals surface area contributed by atoms with Crippen LogP contribution in [0.25, 0.3) is 0 Å². The topological polar surface area (TPSA) is 74.8 Å². The molecule has 2 heterocycles. The largest absolute Gasteiger partial charge is 0.465 e. The number of methoxy groups -OCH3 is 1. The molecule has 8 heteroatoms. The molecule has 1 fully saturated rings. The van der Waals surface area contributed by atoms with Crippen LogP contribution >= 0.6 is 11.6 Å². The molecule has 0 radical (unpaired) electrons. The van der Waals surface area contributed by atoms with Gasteiger partial charge in [-0.3, -0.25) is 9.88 Å². The number of anilines is 1. The number of aromatic nitrogens is 1. The minimum absolute atomic E-state index is 0.0855. The third-order valence-electron chi connectivity index (χ3n) is 4.32. The zero-order chi connectivity index (χ0) is 19.2. The standard InChI is InChI=1S/C19H21ClN4O3/c1-27-18(25)14-2-5-16(22-12-14)13-24(17-6-3-15(20)4-7-17)19(26)23-10-8-21-9-11-23/h2-7,12,21H,8-11,13H2,1H3. The highest BCUT2D eigenvalue weighted by Gasteiger charge is 2.24. The summed E-state index contributed by atoms with van der Waals surface area (Å²) in [4.78, 5) is 32.5. The van der Waals surface area contributed by atoms with E-state index in [0.717, 1.165) is 18.8 Å². The number of hydrogen-bond acceptors (Lipinski definition) is 5. The average molecular weight is 389 g/mol. The molecule has 1 N–H and O–H groups in total. The van der Waals surface area contributed by atoms with E-state index in [-0.39, 0.29) is 12.6 Å². The lowest BCUT2D eigenvalue weighted by atomic mass is 10.2. The third kappa shape index (κ3) is 4.75. The van der Waals surface area contributed by atoms with Gasteiger partial charge in [0.05, 0.1) is 24.9 Å². The number of halogens is 1. The van der Waals surface area contributed by atoms with E-state index < -0.39 is 5.97 Å². The van der Waals surface area contributed by atoms with Gasteiger partial charge in [0.1, 0.15) is 0 Å². The number of rotatable bonds is 4. The van der Waals surface area contributed by atoms with Crippen molar-refractivity contribution in [3.05, 3.63) is 58.9 Å². The number of benzene rings is 1. The lowest BCUT2D eigenvalue weighted by Gasteiger charge is -2.33. The fourth-order valence-corrected chi connectivity index (χ4v) is 2.96. The Balaban J connectivity index is 1.83. The molecule has 0 unspecified atom stereocenters. The van der Waals surface area contributed by atoms with Gasteiger partial charge in [-0.2, -0.15) is 0 Å². The molecule has 2 amide bonds. The van der Waals surface area contributed by atoms with Crippen molar-refractivity contribution >= 4 is 29.3 Å². The number of nitrogens with one attached hydrogen (secondary N) is 1. The van der Waals surface area contributed by atoms with Crippen LogP contribution in [0.2, 0.25) is 5.02 Å². The van der Waals surface area contributed by atoms with Crippen LogP contribution in [0.1, 0.15) is 16.1 Å². The van der Waals surface area contributed by atoms with Crippen molar-refractivity contribution in [1.29, 1.82) is 0 Å². The van der Waals surface area contributed by atoms with E-state index in [1.54, 1.807) is 29.2 Å². The van der Waals surface area contributed by atoms with E-state index in [4.69, 9.17) is 11.6 Å². The highest BCUT2D eigenvalue weighted by molar-refractivity contribution is 6.30. The van der Waals surface area contributed by atoms with Crippen molar-refractivity contribution in [2.45, 2.75) is 6.54 Å². The van der Waals surface area contributed by atoms with Gasteiger partial charge in [-0.15, -0.1) is 0 Å². The SMILES string of the molecule is COC(=O)c1ccc(CN(C(=O)N2CCNCC2)c2ccc(Cl)cc2)nc1. The van der Waals surface area contributed by atoms with Crippen LogP contribution in [-0.2, 0) is 11.3 Å². The summed E-state index contributed by atoms with van der Waals surface area (Å²) < 4.78 is 4.69. The highest BCUT2D eigenvalue weighted by atomic mass is 35.5. The fraction of sp³-hybridized carbons (Fsp3) is 0.316. The van der Waals surface area contributed by atoms with E-state index >= 15 is 0 Å². The summed E-state index contributed by atoms with van der Waals surface area (Å²) in [6.45, 7) is 3.12. The molecule has 1 aliphatic heterocycles. The summed E-state index contributed by atoms with van der Waals surface area (Å²) in [5, 5.41) is 3.85. The van der Waals surface area contributed by atoms with E-state index in [2.05, 4.69) is 15.0 Å². The van der Waals surface area contributed by atoms with Crippen LogP contribution in [0.5, 0.6) is 0 Å². The second-order valence-corrected chi connectivity index (χ2v) is 6.55. The maximum Gasteiger partial charge on any atom is 0.339 e. The number of carbonyl (C=O) groups excluding carboxylic acids is 2. The Morgan fingerprint density at radius 3 is 2.48 bits per heavy atom. The van der Waals surface area contributed by atoms with Gasteiger partial charge in [0.2, 0.25) is 0 Å². The summed E-state index contributed by atoms with van der Waals surface area (Å²) >= 11 is 5.99. The number of urea groups is 1. The van der Waals surface area contributed by atoms with Crippen LogP contribution in [0.15, 0.2) is 42.6 Å². The first-order valence-electron chi connectivity index (χ1n) is 8.64. The van der Waals surface area contributed by atoms with E-state index in [9.17, 15) is 9.59 Å². The zero-order valence-corrected chi connectivity index (χ0v) is 15.8. The van der Waals surface area contributed by atoms with Gasteiger partial charge in [0.15, 0.2) is 0 Å². The second kappa shape index (κ2) is 8.83. The lowest BCUT2D eigenvalue weighted by molar-refractivity contribution is 0.0600. The van der Waals surface area contributed by atoms with E-state index in [1.165, 1.54) is 13.3 Å². The number of piperazine rings is 1. The summed E-state index contributed by atoms with van der Waals surface area (Å²) in [5.74, 6) is -0.444. The number of esters is 1. The number of carbonyl (C=O) groups is 2. The molecule has 0 bridgehead atoms. The molecule has 1 saturated heterocycles. The number of pyridine rings is 1. The molecule has 142 valence electrons. The van der Waals surface area contributed by atoms with Gasteiger partial charge in [-0.25, -0.2) is 9.59 Å². The second-order valence-electron chi connectivity index (χ2n) is 6.11. The molecule has 27 heavy (non-hydrogen) atoms. The summed E-state index contributed by atoms with van der Waals surface area (Å²) in [6.07, 6.45) is 1.45. The molecule has 0 atom stereocenters. The summed E-state index contributed by atoms with van der Waals surface area (Å²) in [7, 11) is 1.32. The molecule has 1 aliphatic rings. The first kappa shape index (κ1) is 19.1. The van der Waals surface area contributed by atoms with Gasteiger partial charge in [-0.1, -0.05) is 11.6 Å². The van der Waals surface area contributed by atoms with Crippen LogP contribution in [0.4, 0.5) is 10.5 Å². The van der Waals surface area contributed by atoms with Crippen molar-refractivity contribution < 1.29 is 14.3 Å². The number of nitrogens with zero attached hydrogens (tertiary/aromatic N) is 3. The number of hydrogen-bond donors (Lipinski definition) is 1. The molecule has 2 aromatic rings. The zero-order valence-electron chi connectivity index (χ0n) is 15.0. The molecule has 0 aliphatic carbocycles. The molecule has 7 nitrogen and oxygen atoms in total. The molecule has 1 aromatic heterocycles. The quantitative estimate of drug-likeness (QED) is 0.815. The maximum absolute atomic E-state index is 13.1. The van der Waals surface area contributed by atoms with E-state index in [0.29, 0.717) is 29.4 Å². The molecular formula is C19H21ClN4O3. The van der Waals surface area contributed by atoms with Crippen molar-refractivity contribution in [3.8, 4) is 0 Å². The van der Waals surface area contributed by atoms with Crippen molar-refractivity contribution in [2.24, 2.45) is 0 Å². The van der Waals surface area contributed by atoms with Gasteiger partial charge < -0.3 is 15.0 Å². The van der Waals surface area contributed by atoms with Crippen molar-refractivity contribution in [2.75, 3.05) is 38.2 Å². The fourth-order valence-electron chi connectivity index (χ4n) is 2.84. The Hall–Kier alpha value is -2.64. The van der Waals surface area contributed by atoms with Crippen LogP contribution in [0, 0.1) is 0 Å². The molecule has 1 aromatic carbocycles. The van der Waals surface area contributed by atoms with Gasteiger partial charge in [-0.05, 0) is 36.4 Å². The predicted molar refractivity (Wildman–Crippen MR) is 103 cm³/mol. The molecule has 3 rings (SSSR count). The molecular weight excluding hydrogens is 368 g/mol. The Kier molecular flexibility index (Phi) is 6.26. The smallest absolute Gasteiger partial charge is 0.339 e. The highest BCUT2D eigenvalue weighted by Crippen LogP contribution is 2.22.